The van der Waals surface area contributed by atoms with Crippen molar-refractivity contribution in [2.24, 2.45) is 0 Å². The number of hydrogen-bond acceptors (Lipinski definition) is 4. The molecule has 6 heteroatoms. The zero-order valence-corrected chi connectivity index (χ0v) is 15.4. The van der Waals surface area contributed by atoms with Gasteiger partial charge in [-0.15, -0.1) is 0 Å². The highest BCUT2D eigenvalue weighted by Gasteiger charge is 2.21. The average molecular weight is 391 g/mol. The topological polar surface area (TPSA) is 72.1 Å². The summed E-state index contributed by atoms with van der Waals surface area (Å²) in [5.41, 5.74) is 3.17. The molecule has 28 heavy (non-hydrogen) atoms. The lowest BCUT2D eigenvalue weighted by atomic mass is 10.0. The molecule has 0 fully saturated rings. The standard InChI is InChI=1S/C22H15ClN2O3/c23-19-11-10-15(12-24-19)22(27)28-13-18(26)20-16-8-4-5-9-17(16)25-21(20)14-6-2-1-3-7-14/h1-12,25H,13H2. The maximum atomic E-state index is 13.0. The molecule has 0 amide bonds. The Bertz CT molecular complexity index is 1150. The highest BCUT2D eigenvalue weighted by atomic mass is 35.5. The Balaban J connectivity index is 1.63. The molecular formula is C22H15ClN2O3. The van der Waals surface area contributed by atoms with Gasteiger partial charge in [-0.05, 0) is 23.8 Å². The van der Waals surface area contributed by atoms with Crippen molar-refractivity contribution in [2.75, 3.05) is 6.61 Å². The summed E-state index contributed by atoms with van der Waals surface area (Å²) >= 11 is 5.72. The maximum absolute atomic E-state index is 13.0. The van der Waals surface area contributed by atoms with E-state index in [9.17, 15) is 9.59 Å². The minimum atomic E-state index is -0.626. The Hall–Kier alpha value is -3.44. The number of esters is 1. The normalized spacial score (nSPS) is 10.8. The van der Waals surface area contributed by atoms with E-state index in [1.807, 2.05) is 54.6 Å². The summed E-state index contributed by atoms with van der Waals surface area (Å²) in [4.78, 5) is 32.3. The smallest absolute Gasteiger partial charge is 0.340 e. The SMILES string of the molecule is O=C(OCC(=O)c1c(-c2ccccc2)[nH]c2ccccc12)c1ccc(Cl)nc1. The van der Waals surface area contributed by atoms with Gasteiger partial charge in [-0.25, -0.2) is 9.78 Å². The third kappa shape index (κ3) is 3.52. The number of para-hydroxylation sites is 1. The van der Waals surface area contributed by atoms with Crippen LogP contribution in [0.5, 0.6) is 0 Å². The molecule has 2 aromatic heterocycles. The van der Waals surface area contributed by atoms with Gasteiger partial charge in [-0.3, -0.25) is 4.79 Å². The molecule has 0 unspecified atom stereocenters. The van der Waals surface area contributed by atoms with Crippen LogP contribution in [0.4, 0.5) is 0 Å². The van der Waals surface area contributed by atoms with Crippen molar-refractivity contribution in [3.63, 3.8) is 0 Å². The first-order chi connectivity index (χ1) is 13.6. The van der Waals surface area contributed by atoms with E-state index in [2.05, 4.69) is 9.97 Å². The Morgan fingerprint density at radius 1 is 0.964 bits per heavy atom. The fourth-order valence-corrected chi connectivity index (χ4v) is 3.15. The molecule has 0 radical (unpaired) electrons. The molecule has 0 aliphatic carbocycles. The molecule has 0 aliphatic rings. The second kappa shape index (κ2) is 7.66. The number of nitrogens with zero attached hydrogens (tertiary/aromatic N) is 1. The summed E-state index contributed by atoms with van der Waals surface area (Å²) < 4.78 is 5.21. The van der Waals surface area contributed by atoms with Crippen LogP contribution in [0.25, 0.3) is 22.2 Å². The van der Waals surface area contributed by atoms with Crippen molar-refractivity contribution < 1.29 is 14.3 Å². The molecular weight excluding hydrogens is 376 g/mol. The van der Waals surface area contributed by atoms with Gasteiger partial charge >= 0.3 is 5.97 Å². The number of hydrogen-bond donors (Lipinski definition) is 1. The van der Waals surface area contributed by atoms with Crippen molar-refractivity contribution in [1.82, 2.24) is 9.97 Å². The van der Waals surface area contributed by atoms with Gasteiger partial charge in [-0.1, -0.05) is 60.1 Å². The van der Waals surface area contributed by atoms with Gasteiger partial charge in [0.15, 0.2) is 6.61 Å². The maximum Gasteiger partial charge on any atom is 0.340 e. The Morgan fingerprint density at radius 3 is 2.46 bits per heavy atom. The first-order valence-electron chi connectivity index (χ1n) is 8.61. The number of ketones is 1. The number of ether oxygens (including phenoxy) is 1. The summed E-state index contributed by atoms with van der Waals surface area (Å²) in [6.07, 6.45) is 1.32. The summed E-state index contributed by atoms with van der Waals surface area (Å²) in [5, 5.41) is 1.06. The number of H-pyrrole nitrogens is 1. The first kappa shape index (κ1) is 17.9. The monoisotopic (exact) mass is 390 g/mol. The fraction of sp³-hybridized carbons (Fsp3) is 0.0455. The van der Waals surface area contributed by atoms with Crippen LogP contribution in [-0.2, 0) is 4.74 Å². The molecule has 2 aromatic carbocycles. The van der Waals surface area contributed by atoms with Crippen LogP contribution >= 0.6 is 11.6 Å². The van der Waals surface area contributed by atoms with Crippen molar-refractivity contribution in [3.05, 3.63) is 89.2 Å². The molecule has 4 rings (SSSR count). The van der Waals surface area contributed by atoms with E-state index in [0.29, 0.717) is 11.3 Å². The van der Waals surface area contributed by atoms with Crippen LogP contribution in [0.1, 0.15) is 20.7 Å². The van der Waals surface area contributed by atoms with Crippen LogP contribution in [0.3, 0.4) is 0 Å². The summed E-state index contributed by atoms with van der Waals surface area (Å²) in [7, 11) is 0. The number of nitrogens with one attached hydrogen (secondary N) is 1. The molecule has 1 N–H and O–H groups in total. The molecule has 0 spiro atoms. The number of halogens is 1. The largest absolute Gasteiger partial charge is 0.454 e. The summed E-state index contributed by atoms with van der Waals surface area (Å²) in [5.74, 6) is -0.912. The van der Waals surface area contributed by atoms with Crippen molar-refractivity contribution in [1.29, 1.82) is 0 Å². The molecule has 0 aliphatic heterocycles. The van der Waals surface area contributed by atoms with Gasteiger partial charge in [0.25, 0.3) is 0 Å². The highest BCUT2D eigenvalue weighted by molar-refractivity contribution is 6.29. The molecule has 5 nitrogen and oxygen atoms in total. The van der Waals surface area contributed by atoms with Crippen LogP contribution in [-0.4, -0.2) is 28.3 Å². The van der Waals surface area contributed by atoms with E-state index in [1.54, 1.807) is 0 Å². The zero-order valence-electron chi connectivity index (χ0n) is 14.7. The second-order valence-corrected chi connectivity index (χ2v) is 6.54. The highest BCUT2D eigenvalue weighted by Crippen LogP contribution is 2.30. The predicted molar refractivity (Wildman–Crippen MR) is 108 cm³/mol. The quantitative estimate of drug-likeness (QED) is 0.298. The van der Waals surface area contributed by atoms with Crippen LogP contribution in [0, 0.1) is 0 Å². The minimum Gasteiger partial charge on any atom is -0.454 e. The van der Waals surface area contributed by atoms with Crippen molar-refractivity contribution in [3.8, 4) is 11.3 Å². The Labute approximate surface area is 165 Å². The number of fused-ring (bicyclic) bond motifs is 1. The molecule has 0 bridgehead atoms. The van der Waals surface area contributed by atoms with Gasteiger partial charge in [0.05, 0.1) is 16.8 Å². The van der Waals surface area contributed by atoms with Crippen LogP contribution in [0.15, 0.2) is 72.9 Å². The second-order valence-electron chi connectivity index (χ2n) is 6.16. The average Bonchev–Trinajstić information content (AvgIpc) is 3.12. The van der Waals surface area contributed by atoms with E-state index >= 15 is 0 Å². The molecule has 0 atom stereocenters. The molecule has 0 saturated carbocycles. The number of Topliss-reactive ketones (excluding diaryl/α,β-unsaturated/α-hetero) is 1. The zero-order chi connectivity index (χ0) is 19.5. The Morgan fingerprint density at radius 2 is 1.71 bits per heavy atom. The number of aromatic nitrogens is 2. The van der Waals surface area contributed by atoms with Crippen LogP contribution < -0.4 is 0 Å². The third-order valence-electron chi connectivity index (χ3n) is 4.34. The van der Waals surface area contributed by atoms with E-state index < -0.39 is 5.97 Å². The summed E-state index contributed by atoms with van der Waals surface area (Å²) in [6.45, 7) is -0.372. The number of carbonyl (C=O) groups excluding carboxylic acids is 2. The summed E-state index contributed by atoms with van der Waals surface area (Å²) in [6, 6.07) is 20.1. The molecule has 4 aromatic rings. The van der Waals surface area contributed by atoms with Gasteiger partial charge < -0.3 is 9.72 Å². The minimum absolute atomic E-state index is 0.236. The number of aromatic amines is 1. The third-order valence-corrected chi connectivity index (χ3v) is 4.57. The number of benzene rings is 2. The molecule has 138 valence electrons. The first-order valence-corrected chi connectivity index (χ1v) is 8.99. The van der Waals surface area contributed by atoms with E-state index in [-0.39, 0.29) is 23.1 Å². The predicted octanol–water partition coefficient (Wildman–Crippen LogP) is 4.92. The van der Waals surface area contributed by atoms with E-state index in [0.717, 1.165) is 16.5 Å². The number of rotatable bonds is 5. The van der Waals surface area contributed by atoms with Crippen molar-refractivity contribution in [2.45, 2.75) is 0 Å². The number of pyridine rings is 1. The number of carbonyl (C=O) groups is 2. The van der Waals surface area contributed by atoms with Crippen molar-refractivity contribution >= 4 is 34.3 Å². The molecule has 0 saturated heterocycles. The lowest BCUT2D eigenvalue weighted by Crippen LogP contribution is -2.15. The fourth-order valence-electron chi connectivity index (χ4n) is 3.04. The van der Waals surface area contributed by atoms with E-state index in [4.69, 9.17) is 16.3 Å². The Kier molecular flexibility index (Phi) is 4.91. The van der Waals surface area contributed by atoms with Crippen LogP contribution in [0.2, 0.25) is 5.15 Å². The molecule has 2 heterocycles. The van der Waals surface area contributed by atoms with Gasteiger partial charge in [0.1, 0.15) is 5.15 Å². The van der Waals surface area contributed by atoms with E-state index in [1.165, 1.54) is 18.3 Å². The van der Waals surface area contributed by atoms with Gasteiger partial charge in [0.2, 0.25) is 5.78 Å². The van der Waals surface area contributed by atoms with Gasteiger partial charge in [-0.2, -0.15) is 0 Å². The van der Waals surface area contributed by atoms with Gasteiger partial charge in [0, 0.05) is 17.1 Å². The lowest BCUT2D eigenvalue weighted by Gasteiger charge is -2.06. The lowest BCUT2D eigenvalue weighted by molar-refractivity contribution is 0.0475.